The minimum absolute atomic E-state index is 0.342. The molecule has 1 fully saturated rings. The van der Waals surface area contributed by atoms with Crippen LogP contribution in [0.5, 0.6) is 0 Å². The molecule has 0 radical (unpaired) electrons. The predicted molar refractivity (Wildman–Crippen MR) is 88.9 cm³/mol. The zero-order valence-electron chi connectivity index (χ0n) is 13.0. The molecule has 0 aliphatic heterocycles. The van der Waals surface area contributed by atoms with E-state index in [1.54, 1.807) is 0 Å². The average molecular weight is 294 g/mol. The average Bonchev–Trinajstić information content (AvgIpc) is 3.23. The van der Waals surface area contributed by atoms with Crippen molar-refractivity contribution in [2.75, 3.05) is 30.0 Å². The summed E-state index contributed by atoms with van der Waals surface area (Å²) in [6, 6.07) is 2.03. The molecule has 0 unspecified atom stereocenters. The van der Waals surface area contributed by atoms with Gasteiger partial charge in [0.1, 0.15) is 17.5 Å². The summed E-state index contributed by atoms with van der Waals surface area (Å²) in [5, 5.41) is 6.86. The summed E-state index contributed by atoms with van der Waals surface area (Å²) in [5.74, 6) is 3.13. The number of aromatic nitrogens is 2. The second-order valence-corrected chi connectivity index (χ2v) is 7.09. The van der Waals surface area contributed by atoms with Crippen LogP contribution in [0.2, 0.25) is 0 Å². The molecule has 0 aromatic carbocycles. The highest BCUT2D eigenvalue weighted by molar-refractivity contribution is 8.00. The van der Waals surface area contributed by atoms with Gasteiger partial charge in [-0.2, -0.15) is 11.8 Å². The molecular weight excluding hydrogens is 268 g/mol. The summed E-state index contributed by atoms with van der Waals surface area (Å²) < 4.78 is 0.444. The van der Waals surface area contributed by atoms with Gasteiger partial charge in [-0.3, -0.25) is 0 Å². The first-order valence-electron chi connectivity index (χ1n) is 7.50. The largest absolute Gasteiger partial charge is 0.370 e. The van der Waals surface area contributed by atoms with Crippen LogP contribution in [0.3, 0.4) is 0 Å². The second-order valence-electron chi connectivity index (χ2n) is 5.82. The van der Waals surface area contributed by atoms with Gasteiger partial charge in [0.25, 0.3) is 0 Å². The third-order valence-electron chi connectivity index (χ3n) is 3.65. The lowest BCUT2D eigenvalue weighted by Gasteiger charge is -2.16. The minimum Gasteiger partial charge on any atom is -0.370 e. The third kappa shape index (κ3) is 4.01. The molecule has 20 heavy (non-hydrogen) atoms. The molecule has 1 aliphatic carbocycles. The normalized spacial score (nSPS) is 16.2. The van der Waals surface area contributed by atoms with E-state index in [4.69, 9.17) is 0 Å². The van der Waals surface area contributed by atoms with E-state index in [1.165, 1.54) is 12.8 Å². The Bertz CT molecular complexity index is 443. The van der Waals surface area contributed by atoms with E-state index in [1.807, 2.05) is 17.8 Å². The quantitative estimate of drug-likeness (QED) is 0.765. The fraction of sp³-hybridized carbons (Fsp3) is 0.733. The SMILES string of the molecule is CCCNc1cc(NCC2(SC)CC2)nc(C(C)C)n1. The number of thioether (sulfide) groups is 1. The van der Waals surface area contributed by atoms with Crippen LogP contribution in [0, 0.1) is 0 Å². The summed E-state index contributed by atoms with van der Waals surface area (Å²) in [6.45, 7) is 8.37. The fourth-order valence-corrected chi connectivity index (χ4v) is 2.73. The van der Waals surface area contributed by atoms with E-state index in [0.29, 0.717) is 10.7 Å². The molecule has 0 spiro atoms. The number of rotatable bonds is 8. The Balaban J connectivity index is 2.07. The summed E-state index contributed by atoms with van der Waals surface area (Å²) >= 11 is 1.96. The Morgan fingerprint density at radius 1 is 1.25 bits per heavy atom. The van der Waals surface area contributed by atoms with Crippen LogP contribution in [0.15, 0.2) is 6.07 Å². The van der Waals surface area contributed by atoms with Gasteiger partial charge >= 0.3 is 0 Å². The van der Waals surface area contributed by atoms with Crippen LogP contribution in [0.4, 0.5) is 11.6 Å². The highest BCUT2D eigenvalue weighted by atomic mass is 32.2. The van der Waals surface area contributed by atoms with Gasteiger partial charge in [0.2, 0.25) is 0 Å². The Kier molecular flexibility index (Phi) is 5.13. The standard InChI is InChI=1S/C15H26N4S/c1-5-8-16-12-9-13(19-14(18-12)11(2)3)17-10-15(20-4)6-7-15/h9,11H,5-8,10H2,1-4H3,(H2,16,17,18,19). The Labute approximate surface area is 126 Å². The number of hydrogen-bond donors (Lipinski definition) is 2. The van der Waals surface area contributed by atoms with Crippen LogP contribution < -0.4 is 10.6 Å². The Morgan fingerprint density at radius 3 is 2.40 bits per heavy atom. The number of nitrogens with zero attached hydrogens (tertiary/aromatic N) is 2. The lowest BCUT2D eigenvalue weighted by atomic mass is 10.2. The van der Waals surface area contributed by atoms with Gasteiger partial charge in [0.05, 0.1) is 0 Å². The van der Waals surface area contributed by atoms with Gasteiger partial charge in [-0.25, -0.2) is 9.97 Å². The van der Waals surface area contributed by atoms with Crippen molar-refractivity contribution in [1.29, 1.82) is 0 Å². The molecule has 1 saturated carbocycles. The number of anilines is 2. The lowest BCUT2D eigenvalue weighted by Crippen LogP contribution is -2.19. The first kappa shape index (κ1) is 15.4. The van der Waals surface area contributed by atoms with Gasteiger partial charge in [0.15, 0.2) is 0 Å². The van der Waals surface area contributed by atoms with Crippen molar-refractivity contribution < 1.29 is 0 Å². The molecule has 0 bridgehead atoms. The van der Waals surface area contributed by atoms with E-state index in [2.05, 4.69) is 47.6 Å². The Hall–Kier alpha value is -0.970. The van der Waals surface area contributed by atoms with E-state index in [0.717, 1.165) is 37.0 Å². The van der Waals surface area contributed by atoms with Crippen LogP contribution in [0.25, 0.3) is 0 Å². The van der Waals surface area contributed by atoms with Crippen molar-refractivity contribution >= 4 is 23.4 Å². The molecule has 0 amide bonds. The monoisotopic (exact) mass is 294 g/mol. The summed E-state index contributed by atoms with van der Waals surface area (Å²) in [4.78, 5) is 9.22. The molecule has 1 aliphatic rings. The summed E-state index contributed by atoms with van der Waals surface area (Å²) in [5.41, 5.74) is 0. The topological polar surface area (TPSA) is 49.8 Å². The third-order valence-corrected chi connectivity index (χ3v) is 5.07. The van der Waals surface area contributed by atoms with Crippen LogP contribution >= 0.6 is 11.8 Å². The predicted octanol–water partition coefficient (Wildman–Crippen LogP) is 3.73. The second kappa shape index (κ2) is 6.66. The minimum atomic E-state index is 0.342. The molecule has 1 aromatic rings. The number of nitrogens with one attached hydrogen (secondary N) is 2. The van der Waals surface area contributed by atoms with Gasteiger partial charge in [0, 0.05) is 29.8 Å². The summed E-state index contributed by atoms with van der Waals surface area (Å²) in [7, 11) is 0. The molecular formula is C15H26N4S. The molecule has 1 heterocycles. The van der Waals surface area contributed by atoms with Crippen molar-refractivity contribution in [3.8, 4) is 0 Å². The van der Waals surface area contributed by atoms with Gasteiger partial charge in [-0.05, 0) is 25.5 Å². The highest BCUT2D eigenvalue weighted by Gasteiger charge is 2.41. The smallest absolute Gasteiger partial charge is 0.135 e. The van der Waals surface area contributed by atoms with Gasteiger partial charge in [-0.1, -0.05) is 20.8 Å². The first-order chi connectivity index (χ1) is 9.58. The molecule has 0 saturated heterocycles. The van der Waals surface area contributed by atoms with E-state index < -0.39 is 0 Å². The van der Waals surface area contributed by atoms with Crippen LogP contribution in [-0.2, 0) is 0 Å². The van der Waals surface area contributed by atoms with Crippen molar-refractivity contribution in [2.45, 2.75) is 50.7 Å². The maximum Gasteiger partial charge on any atom is 0.135 e. The molecule has 112 valence electrons. The van der Waals surface area contributed by atoms with Crippen molar-refractivity contribution in [3.05, 3.63) is 11.9 Å². The van der Waals surface area contributed by atoms with Crippen molar-refractivity contribution in [3.63, 3.8) is 0 Å². The maximum absolute atomic E-state index is 4.63. The molecule has 2 N–H and O–H groups in total. The van der Waals surface area contributed by atoms with Gasteiger partial charge in [-0.15, -0.1) is 0 Å². The summed E-state index contributed by atoms with van der Waals surface area (Å²) in [6.07, 6.45) is 5.91. The maximum atomic E-state index is 4.63. The van der Waals surface area contributed by atoms with Crippen LogP contribution in [0.1, 0.15) is 51.8 Å². The van der Waals surface area contributed by atoms with E-state index >= 15 is 0 Å². The fourth-order valence-electron chi connectivity index (χ4n) is 2.00. The van der Waals surface area contributed by atoms with Crippen molar-refractivity contribution in [1.82, 2.24) is 9.97 Å². The highest BCUT2D eigenvalue weighted by Crippen LogP contribution is 2.47. The zero-order valence-corrected chi connectivity index (χ0v) is 13.8. The molecule has 1 aromatic heterocycles. The lowest BCUT2D eigenvalue weighted by molar-refractivity contribution is 0.772. The molecule has 5 heteroatoms. The zero-order chi connectivity index (χ0) is 14.6. The van der Waals surface area contributed by atoms with Crippen LogP contribution in [-0.4, -0.2) is 34.1 Å². The molecule has 0 atom stereocenters. The van der Waals surface area contributed by atoms with Gasteiger partial charge < -0.3 is 10.6 Å². The van der Waals surface area contributed by atoms with E-state index in [9.17, 15) is 0 Å². The molecule has 2 rings (SSSR count). The Morgan fingerprint density at radius 2 is 1.90 bits per heavy atom. The number of hydrogen-bond acceptors (Lipinski definition) is 5. The van der Waals surface area contributed by atoms with E-state index in [-0.39, 0.29) is 0 Å². The molecule has 4 nitrogen and oxygen atoms in total. The van der Waals surface area contributed by atoms with Crippen molar-refractivity contribution in [2.24, 2.45) is 0 Å². The first-order valence-corrected chi connectivity index (χ1v) is 8.73.